The van der Waals surface area contributed by atoms with E-state index in [1.54, 1.807) is 58.7 Å². The highest BCUT2D eigenvalue weighted by atomic mass is 32.1. The number of aromatic nitrogens is 1. The fourth-order valence-corrected chi connectivity index (χ4v) is 5.50. The summed E-state index contributed by atoms with van der Waals surface area (Å²) in [5.41, 5.74) is 1.22. The zero-order valence-corrected chi connectivity index (χ0v) is 23.5. The van der Waals surface area contributed by atoms with E-state index in [4.69, 9.17) is 14.5 Å². The molecule has 0 radical (unpaired) electrons. The number of benzene rings is 1. The van der Waals surface area contributed by atoms with Gasteiger partial charge in [0, 0.05) is 38.3 Å². The number of likely N-dealkylation sites (tertiary alicyclic amines) is 1. The monoisotopic (exact) mass is 538 g/mol. The molecule has 0 bridgehead atoms. The van der Waals surface area contributed by atoms with Crippen molar-refractivity contribution >= 4 is 39.5 Å². The van der Waals surface area contributed by atoms with Crippen molar-refractivity contribution in [3.63, 3.8) is 0 Å². The Morgan fingerprint density at radius 1 is 1.21 bits per heavy atom. The third-order valence-corrected chi connectivity index (χ3v) is 7.32. The van der Waals surface area contributed by atoms with E-state index < -0.39 is 5.60 Å². The fourth-order valence-electron chi connectivity index (χ4n) is 4.34. The Bertz CT molecular complexity index is 1340. The summed E-state index contributed by atoms with van der Waals surface area (Å²) in [5.74, 6) is 2.15. The highest BCUT2D eigenvalue weighted by Crippen LogP contribution is 2.37. The minimum atomic E-state index is -0.522. The van der Waals surface area contributed by atoms with Gasteiger partial charge < -0.3 is 24.6 Å². The number of carbonyl (C=O) groups excluding carboxylic acids is 3. The number of nitrogens with one attached hydrogen (secondary N) is 1. The Hall–Kier alpha value is -3.62. The third kappa shape index (κ3) is 6.26. The van der Waals surface area contributed by atoms with Crippen LogP contribution in [0, 0.1) is 0 Å². The van der Waals surface area contributed by atoms with Gasteiger partial charge in [0.15, 0.2) is 5.94 Å². The second-order valence-corrected chi connectivity index (χ2v) is 11.8. The summed E-state index contributed by atoms with van der Waals surface area (Å²) in [6.07, 6.45) is 6.26. The lowest BCUT2D eigenvalue weighted by molar-refractivity contribution is 0.0204. The van der Waals surface area contributed by atoms with Gasteiger partial charge in [-0.05, 0) is 65.7 Å². The smallest absolute Gasteiger partial charge is 0.410 e. The highest BCUT2D eigenvalue weighted by molar-refractivity contribution is 7.18. The number of rotatable bonds is 5. The molecule has 38 heavy (non-hydrogen) atoms. The molecule has 2 aliphatic rings. The van der Waals surface area contributed by atoms with Gasteiger partial charge in [-0.25, -0.2) is 14.6 Å². The molecule has 1 fully saturated rings. The number of allylic oxidation sites excluding steroid dienone is 2. The van der Waals surface area contributed by atoms with Crippen LogP contribution in [0.1, 0.15) is 68.7 Å². The quantitative estimate of drug-likeness (QED) is 0.536. The van der Waals surface area contributed by atoms with Crippen molar-refractivity contribution in [3.8, 4) is 5.75 Å². The van der Waals surface area contributed by atoms with Gasteiger partial charge in [-0.15, -0.1) is 11.3 Å². The lowest BCUT2D eigenvalue weighted by Gasteiger charge is -2.32. The number of ether oxygens (including phenoxy) is 2. The first-order valence-corrected chi connectivity index (χ1v) is 13.5. The number of carbonyl (C=O) groups is 2. The largest absolute Gasteiger partial charge is 0.490 e. The molecule has 2 amide bonds. The van der Waals surface area contributed by atoms with Crippen LogP contribution in [0.4, 0.5) is 4.79 Å². The number of nitrogens with zero attached hydrogens (tertiary/aromatic N) is 3. The molecule has 0 aliphatic carbocycles. The maximum atomic E-state index is 13.4. The minimum absolute atomic E-state index is 0.150. The van der Waals surface area contributed by atoms with Gasteiger partial charge in [-0.1, -0.05) is 0 Å². The lowest BCUT2D eigenvalue weighted by Crippen LogP contribution is -2.41. The average molecular weight is 539 g/mol. The van der Waals surface area contributed by atoms with E-state index in [1.165, 1.54) is 0 Å². The number of hydrogen-bond donors (Lipinski definition) is 1. The molecule has 202 valence electrons. The summed E-state index contributed by atoms with van der Waals surface area (Å²) in [5, 5.41) is 3.81. The van der Waals surface area contributed by atoms with Gasteiger partial charge >= 0.3 is 6.09 Å². The average Bonchev–Trinajstić information content (AvgIpc) is 3.25. The highest BCUT2D eigenvalue weighted by Gasteiger charge is 2.29. The molecule has 0 unspecified atom stereocenters. The van der Waals surface area contributed by atoms with Crippen LogP contribution in [-0.4, -0.2) is 64.6 Å². The third-order valence-electron chi connectivity index (χ3n) is 6.13. The maximum absolute atomic E-state index is 13.4. The molecular weight excluding hydrogens is 504 g/mol. The standard InChI is InChI=1S/C28H34N4O5S/c1-17(2)36-23-15-21-24(14-19(23)25(34)29-20-8-7-11-31(6)22(20)16-33)38-26(30-21)18-9-12-32(13-10-18)27(35)37-28(3,4)5/h7-8,11,14-15,17-18H,9-10,12-13H2,1-6H3,(H,29,34). The number of piperidine rings is 1. The van der Waals surface area contributed by atoms with Gasteiger partial charge in [0.05, 0.1) is 32.6 Å². The van der Waals surface area contributed by atoms with E-state index >= 15 is 0 Å². The predicted octanol–water partition coefficient (Wildman–Crippen LogP) is 4.99. The minimum Gasteiger partial charge on any atom is -0.490 e. The van der Waals surface area contributed by atoms with Gasteiger partial charge in [0.2, 0.25) is 0 Å². The molecule has 2 aromatic rings. The lowest BCUT2D eigenvalue weighted by atomic mass is 9.98. The zero-order valence-electron chi connectivity index (χ0n) is 22.7. The molecule has 3 heterocycles. The Morgan fingerprint density at radius 3 is 2.55 bits per heavy atom. The summed E-state index contributed by atoms with van der Waals surface area (Å²) < 4.78 is 12.4. The van der Waals surface area contributed by atoms with E-state index in [1.807, 2.05) is 40.6 Å². The van der Waals surface area contributed by atoms with E-state index in [-0.39, 0.29) is 29.7 Å². The van der Waals surface area contributed by atoms with E-state index in [2.05, 4.69) is 5.32 Å². The van der Waals surface area contributed by atoms with Gasteiger partial charge in [-0.2, -0.15) is 0 Å². The fraction of sp³-hybridized carbons (Fsp3) is 0.464. The van der Waals surface area contributed by atoms with Crippen LogP contribution < -0.4 is 10.1 Å². The summed E-state index contributed by atoms with van der Waals surface area (Å²) in [6.45, 7) is 10.6. The molecular formula is C28H34N4O5S. The SMILES string of the molecule is CC(C)Oc1cc2nc(C3CCN(C(=O)OC(C)(C)C)CC3)sc2cc1C(=O)NC1=CC=CN(C)C1=C=O. The number of thiazole rings is 1. The van der Waals surface area contributed by atoms with Gasteiger partial charge in [0.1, 0.15) is 17.0 Å². The topological polar surface area (TPSA) is 101 Å². The van der Waals surface area contributed by atoms with Crippen molar-refractivity contribution in [1.82, 2.24) is 20.1 Å². The van der Waals surface area contributed by atoms with Crippen molar-refractivity contribution in [3.05, 3.63) is 52.4 Å². The number of amides is 2. The number of fused-ring (bicyclic) bond motifs is 1. The normalized spacial score (nSPS) is 16.5. The Morgan fingerprint density at radius 2 is 1.92 bits per heavy atom. The molecule has 0 saturated carbocycles. The molecule has 0 spiro atoms. The van der Waals surface area contributed by atoms with Crippen LogP contribution in [0.3, 0.4) is 0 Å². The zero-order chi connectivity index (χ0) is 27.6. The first-order valence-electron chi connectivity index (χ1n) is 12.7. The summed E-state index contributed by atoms with van der Waals surface area (Å²) >= 11 is 1.55. The molecule has 1 saturated heterocycles. The molecule has 1 N–H and O–H groups in total. The van der Waals surface area contributed by atoms with Crippen molar-refractivity contribution in [2.75, 3.05) is 20.1 Å². The Balaban J connectivity index is 1.56. The van der Waals surface area contributed by atoms with E-state index in [0.29, 0.717) is 30.1 Å². The van der Waals surface area contributed by atoms with E-state index in [0.717, 1.165) is 28.1 Å². The Kier molecular flexibility index (Phi) is 7.94. The van der Waals surface area contributed by atoms with Gasteiger partial charge in [-0.3, -0.25) is 4.79 Å². The molecule has 1 aromatic carbocycles. The van der Waals surface area contributed by atoms with Crippen LogP contribution in [0.25, 0.3) is 10.2 Å². The molecule has 10 heteroatoms. The summed E-state index contributed by atoms with van der Waals surface area (Å²) in [6, 6.07) is 3.60. The summed E-state index contributed by atoms with van der Waals surface area (Å²) in [7, 11) is 1.71. The number of likely N-dealkylation sites (N-methyl/N-ethyl adjacent to an activating group) is 1. The second kappa shape index (κ2) is 11.0. The second-order valence-electron chi connectivity index (χ2n) is 10.7. The van der Waals surface area contributed by atoms with Crippen LogP contribution >= 0.6 is 11.3 Å². The van der Waals surface area contributed by atoms with Gasteiger partial charge in [0.25, 0.3) is 5.91 Å². The molecule has 4 rings (SSSR count). The van der Waals surface area contributed by atoms with Crippen molar-refractivity contribution in [1.29, 1.82) is 0 Å². The van der Waals surface area contributed by atoms with Crippen molar-refractivity contribution in [2.24, 2.45) is 0 Å². The van der Waals surface area contributed by atoms with Crippen LogP contribution in [0.2, 0.25) is 0 Å². The molecule has 0 atom stereocenters. The number of hydrogen-bond acceptors (Lipinski definition) is 8. The van der Waals surface area contributed by atoms with Crippen molar-refractivity contribution in [2.45, 2.75) is 65.1 Å². The molecule has 2 aliphatic heterocycles. The molecule has 1 aromatic heterocycles. The predicted molar refractivity (Wildman–Crippen MR) is 147 cm³/mol. The maximum Gasteiger partial charge on any atom is 0.410 e. The van der Waals surface area contributed by atoms with Crippen LogP contribution in [-0.2, 0) is 9.53 Å². The van der Waals surface area contributed by atoms with E-state index in [9.17, 15) is 14.4 Å². The first kappa shape index (κ1) is 27.4. The molecule has 9 nitrogen and oxygen atoms in total. The van der Waals surface area contributed by atoms with Crippen LogP contribution in [0.5, 0.6) is 5.75 Å². The van der Waals surface area contributed by atoms with Crippen LogP contribution in [0.15, 0.2) is 41.9 Å². The summed E-state index contributed by atoms with van der Waals surface area (Å²) in [4.78, 5) is 45.5. The Labute approximate surface area is 226 Å². The van der Waals surface area contributed by atoms with Crippen molar-refractivity contribution < 1.29 is 23.9 Å². The first-order chi connectivity index (χ1) is 17.9.